The standard InChI is InChI=1S/C13H17BrN2O/c1-13(2,9-16)5-6-17-12-4-3-11(14)7-10(12)8-15/h3-4,7H,5-6,8,15H2,1-2H3. The zero-order valence-electron chi connectivity index (χ0n) is 10.2. The molecule has 17 heavy (non-hydrogen) atoms. The normalized spacial score (nSPS) is 11.0. The van der Waals surface area contributed by atoms with E-state index in [0.29, 0.717) is 19.6 Å². The molecule has 0 aliphatic carbocycles. The fourth-order valence-electron chi connectivity index (χ4n) is 1.32. The van der Waals surface area contributed by atoms with Gasteiger partial charge in [0.15, 0.2) is 0 Å². The van der Waals surface area contributed by atoms with Crippen molar-refractivity contribution in [1.29, 1.82) is 5.26 Å². The zero-order valence-corrected chi connectivity index (χ0v) is 11.8. The molecule has 1 aromatic rings. The average Bonchev–Trinajstić information content (AvgIpc) is 2.30. The Kier molecular flexibility index (Phi) is 4.98. The average molecular weight is 297 g/mol. The second kappa shape index (κ2) is 6.04. The highest BCUT2D eigenvalue weighted by atomic mass is 79.9. The fraction of sp³-hybridized carbons (Fsp3) is 0.462. The quantitative estimate of drug-likeness (QED) is 0.907. The molecule has 92 valence electrons. The van der Waals surface area contributed by atoms with E-state index in [1.165, 1.54) is 0 Å². The molecule has 4 heteroatoms. The summed E-state index contributed by atoms with van der Waals surface area (Å²) in [7, 11) is 0. The van der Waals surface area contributed by atoms with Crippen LogP contribution in [0.1, 0.15) is 25.8 Å². The smallest absolute Gasteiger partial charge is 0.123 e. The lowest BCUT2D eigenvalue weighted by Crippen LogP contribution is -2.14. The molecule has 0 saturated carbocycles. The summed E-state index contributed by atoms with van der Waals surface area (Å²) < 4.78 is 6.66. The van der Waals surface area contributed by atoms with E-state index >= 15 is 0 Å². The monoisotopic (exact) mass is 296 g/mol. The topological polar surface area (TPSA) is 59.0 Å². The predicted molar refractivity (Wildman–Crippen MR) is 71.5 cm³/mol. The number of hydrogen-bond acceptors (Lipinski definition) is 3. The second-order valence-corrected chi connectivity index (χ2v) is 5.47. The highest BCUT2D eigenvalue weighted by Gasteiger charge is 2.16. The van der Waals surface area contributed by atoms with Crippen LogP contribution in [0.3, 0.4) is 0 Å². The van der Waals surface area contributed by atoms with Crippen molar-refractivity contribution in [3.63, 3.8) is 0 Å². The van der Waals surface area contributed by atoms with Crippen LogP contribution >= 0.6 is 15.9 Å². The third-order valence-electron chi connectivity index (χ3n) is 2.53. The van der Waals surface area contributed by atoms with E-state index in [1.54, 1.807) is 0 Å². The first-order chi connectivity index (χ1) is 7.98. The molecule has 0 fully saturated rings. The molecule has 0 bridgehead atoms. The molecule has 0 amide bonds. The van der Waals surface area contributed by atoms with E-state index in [-0.39, 0.29) is 5.41 Å². The van der Waals surface area contributed by atoms with Crippen molar-refractivity contribution in [2.75, 3.05) is 6.61 Å². The highest BCUT2D eigenvalue weighted by molar-refractivity contribution is 9.10. The van der Waals surface area contributed by atoms with E-state index < -0.39 is 0 Å². The number of nitriles is 1. The maximum absolute atomic E-state index is 8.90. The van der Waals surface area contributed by atoms with Crippen LogP contribution in [0.5, 0.6) is 5.75 Å². The van der Waals surface area contributed by atoms with Gasteiger partial charge >= 0.3 is 0 Å². The summed E-state index contributed by atoms with van der Waals surface area (Å²) in [6.45, 7) is 4.77. The second-order valence-electron chi connectivity index (χ2n) is 4.55. The molecule has 0 aromatic heterocycles. The number of nitrogens with two attached hydrogens (primary N) is 1. The molecule has 2 N–H and O–H groups in total. The Morgan fingerprint density at radius 1 is 1.47 bits per heavy atom. The maximum atomic E-state index is 8.90. The Hall–Kier alpha value is -1.05. The van der Waals surface area contributed by atoms with Crippen LogP contribution in [0.4, 0.5) is 0 Å². The number of halogens is 1. The van der Waals surface area contributed by atoms with E-state index in [2.05, 4.69) is 22.0 Å². The summed E-state index contributed by atoms with van der Waals surface area (Å²) in [4.78, 5) is 0. The van der Waals surface area contributed by atoms with Crippen molar-refractivity contribution >= 4 is 15.9 Å². The Labute approximate surface area is 111 Å². The highest BCUT2D eigenvalue weighted by Crippen LogP contribution is 2.24. The molecule has 0 saturated heterocycles. The molecular weight excluding hydrogens is 280 g/mol. The van der Waals surface area contributed by atoms with Crippen LogP contribution in [0.2, 0.25) is 0 Å². The van der Waals surface area contributed by atoms with E-state index in [0.717, 1.165) is 15.8 Å². The molecule has 0 atom stereocenters. The van der Waals surface area contributed by atoms with Crippen molar-refractivity contribution in [3.05, 3.63) is 28.2 Å². The summed E-state index contributed by atoms with van der Waals surface area (Å²) in [5.74, 6) is 0.796. The van der Waals surface area contributed by atoms with Crippen molar-refractivity contribution < 1.29 is 4.74 Å². The van der Waals surface area contributed by atoms with Crippen LogP contribution in [-0.2, 0) is 6.54 Å². The summed E-state index contributed by atoms with van der Waals surface area (Å²) in [5.41, 5.74) is 6.27. The minimum absolute atomic E-state index is 0.349. The Morgan fingerprint density at radius 3 is 2.76 bits per heavy atom. The number of benzene rings is 1. The molecular formula is C13H17BrN2O. The molecule has 0 radical (unpaired) electrons. The van der Waals surface area contributed by atoms with Crippen LogP contribution in [0, 0.1) is 16.7 Å². The van der Waals surface area contributed by atoms with E-state index in [4.69, 9.17) is 15.7 Å². The van der Waals surface area contributed by atoms with Crippen molar-refractivity contribution in [3.8, 4) is 11.8 Å². The zero-order chi connectivity index (χ0) is 12.9. The van der Waals surface area contributed by atoms with Gasteiger partial charge in [0.2, 0.25) is 0 Å². The van der Waals surface area contributed by atoms with Crippen LogP contribution in [0.15, 0.2) is 22.7 Å². The molecule has 0 unspecified atom stereocenters. The Morgan fingerprint density at radius 2 is 2.18 bits per heavy atom. The van der Waals surface area contributed by atoms with E-state index in [9.17, 15) is 0 Å². The van der Waals surface area contributed by atoms with Crippen LogP contribution < -0.4 is 10.5 Å². The van der Waals surface area contributed by atoms with E-state index in [1.807, 2.05) is 32.0 Å². The van der Waals surface area contributed by atoms with Gasteiger partial charge in [0.1, 0.15) is 5.75 Å². The number of hydrogen-bond donors (Lipinski definition) is 1. The first-order valence-electron chi connectivity index (χ1n) is 5.51. The molecule has 0 aliphatic rings. The van der Waals surface area contributed by atoms with Gasteiger partial charge in [0.05, 0.1) is 18.1 Å². The van der Waals surface area contributed by atoms with Gasteiger partial charge in [-0.2, -0.15) is 5.26 Å². The minimum atomic E-state index is -0.349. The summed E-state index contributed by atoms with van der Waals surface area (Å²) in [6.07, 6.45) is 0.698. The fourth-order valence-corrected chi connectivity index (χ4v) is 1.73. The first-order valence-corrected chi connectivity index (χ1v) is 6.30. The van der Waals surface area contributed by atoms with Gasteiger partial charge in [-0.25, -0.2) is 0 Å². The molecule has 0 heterocycles. The number of nitrogens with zero attached hydrogens (tertiary/aromatic N) is 1. The van der Waals surface area contributed by atoms with Crippen LogP contribution in [0.25, 0.3) is 0 Å². The lowest BCUT2D eigenvalue weighted by Gasteiger charge is -2.16. The molecule has 3 nitrogen and oxygen atoms in total. The van der Waals surface area contributed by atoms with Gasteiger partial charge in [0, 0.05) is 16.6 Å². The van der Waals surface area contributed by atoms with Crippen molar-refractivity contribution in [2.24, 2.45) is 11.1 Å². The lowest BCUT2D eigenvalue weighted by atomic mass is 9.92. The number of rotatable bonds is 5. The van der Waals surface area contributed by atoms with Gasteiger partial charge in [-0.05, 0) is 38.5 Å². The maximum Gasteiger partial charge on any atom is 0.123 e. The third-order valence-corrected chi connectivity index (χ3v) is 3.02. The van der Waals surface area contributed by atoms with Gasteiger partial charge < -0.3 is 10.5 Å². The first kappa shape index (κ1) is 14.0. The Balaban J connectivity index is 2.61. The molecule has 0 aliphatic heterocycles. The predicted octanol–water partition coefficient (Wildman–Crippen LogP) is 3.23. The number of ether oxygens (including phenoxy) is 1. The van der Waals surface area contributed by atoms with Gasteiger partial charge in [-0.15, -0.1) is 0 Å². The lowest BCUT2D eigenvalue weighted by molar-refractivity contribution is 0.262. The minimum Gasteiger partial charge on any atom is -0.493 e. The van der Waals surface area contributed by atoms with Gasteiger partial charge in [-0.3, -0.25) is 0 Å². The Bertz CT molecular complexity index is 424. The summed E-state index contributed by atoms with van der Waals surface area (Å²) in [5, 5.41) is 8.90. The van der Waals surface area contributed by atoms with Crippen LogP contribution in [-0.4, -0.2) is 6.61 Å². The SMILES string of the molecule is CC(C)(C#N)CCOc1ccc(Br)cc1CN. The molecule has 1 rings (SSSR count). The van der Waals surface area contributed by atoms with Gasteiger partial charge in [-0.1, -0.05) is 15.9 Å². The molecule has 1 aromatic carbocycles. The summed E-state index contributed by atoms with van der Waals surface area (Å²) in [6, 6.07) is 8.02. The summed E-state index contributed by atoms with van der Waals surface area (Å²) >= 11 is 3.39. The van der Waals surface area contributed by atoms with Crippen molar-refractivity contribution in [1.82, 2.24) is 0 Å². The molecule has 0 spiro atoms. The third kappa shape index (κ3) is 4.37. The van der Waals surface area contributed by atoms with Gasteiger partial charge in [0.25, 0.3) is 0 Å². The van der Waals surface area contributed by atoms with Crippen molar-refractivity contribution in [2.45, 2.75) is 26.8 Å². The largest absolute Gasteiger partial charge is 0.493 e.